The maximum Gasteiger partial charge on any atom is 0.422 e. The summed E-state index contributed by atoms with van der Waals surface area (Å²) in [6.07, 6.45) is -11.7. The van der Waals surface area contributed by atoms with Gasteiger partial charge in [-0.15, -0.1) is 11.3 Å². The second-order valence-corrected chi connectivity index (χ2v) is 13.0. The van der Waals surface area contributed by atoms with Crippen LogP contribution in [0.2, 0.25) is 0 Å². The van der Waals surface area contributed by atoms with Gasteiger partial charge in [-0.1, -0.05) is 24.0 Å². The van der Waals surface area contributed by atoms with Crippen LogP contribution in [0.4, 0.5) is 42.1 Å². The molecule has 1 aromatic heterocycles. The molecule has 10 nitrogen and oxygen atoms in total. The van der Waals surface area contributed by atoms with E-state index >= 15 is 0 Å². The fourth-order valence-electron chi connectivity index (χ4n) is 5.45. The van der Waals surface area contributed by atoms with Crippen LogP contribution in [-0.2, 0) is 20.7 Å². The molecule has 1 aliphatic rings. The van der Waals surface area contributed by atoms with Crippen molar-refractivity contribution < 1.29 is 54.6 Å². The highest BCUT2D eigenvalue weighted by molar-refractivity contribution is 7.20. The smallest absolute Gasteiger partial charge is 0.422 e. The first-order chi connectivity index (χ1) is 24.4. The van der Waals surface area contributed by atoms with Gasteiger partial charge >= 0.3 is 18.3 Å². The SMILES string of the molecule is COC(=O)C(CCC(N)=O)NC(=O)c1ccc(NCC#Cc2sc3c(NC4CCN(C)CC4F)cccc3c2CC(F)(F)F)c(OCC(F)(F)F)c1. The zero-order valence-electron chi connectivity index (χ0n) is 28.0. The maximum atomic E-state index is 14.8. The van der Waals surface area contributed by atoms with E-state index in [9.17, 15) is 45.1 Å². The number of halogens is 7. The number of nitrogens with two attached hydrogens (primary N) is 1. The lowest BCUT2D eigenvalue weighted by molar-refractivity contribution is -0.153. The number of anilines is 2. The lowest BCUT2D eigenvalue weighted by atomic mass is 10.0. The van der Waals surface area contributed by atoms with Gasteiger partial charge in [-0.3, -0.25) is 9.59 Å². The van der Waals surface area contributed by atoms with Crippen LogP contribution in [0.15, 0.2) is 36.4 Å². The molecular formula is C34H36F7N5O5S. The fraction of sp³-hybridized carbons (Fsp3) is 0.441. The molecule has 4 rings (SSSR count). The van der Waals surface area contributed by atoms with E-state index in [4.69, 9.17) is 10.5 Å². The monoisotopic (exact) mass is 759 g/mol. The number of alkyl halides is 7. The predicted octanol–water partition coefficient (Wildman–Crippen LogP) is 5.40. The van der Waals surface area contributed by atoms with Crippen LogP contribution in [-0.4, -0.2) is 93.7 Å². The highest BCUT2D eigenvalue weighted by atomic mass is 32.1. The molecule has 1 aliphatic heterocycles. The largest absolute Gasteiger partial charge is 0.482 e. The maximum absolute atomic E-state index is 14.8. The molecule has 0 radical (unpaired) electrons. The van der Waals surface area contributed by atoms with Crippen molar-refractivity contribution in [2.45, 2.75) is 56.3 Å². The van der Waals surface area contributed by atoms with Crippen molar-refractivity contribution in [1.29, 1.82) is 0 Å². The molecule has 1 saturated heterocycles. The van der Waals surface area contributed by atoms with Crippen molar-refractivity contribution in [3.05, 3.63) is 52.4 Å². The van der Waals surface area contributed by atoms with Crippen LogP contribution >= 0.6 is 11.3 Å². The highest BCUT2D eigenvalue weighted by Crippen LogP contribution is 2.39. The van der Waals surface area contributed by atoms with Gasteiger partial charge in [0.05, 0.1) is 47.1 Å². The van der Waals surface area contributed by atoms with Crippen LogP contribution in [0, 0.1) is 11.8 Å². The number of methoxy groups -OCH3 is 1. The Hall–Kier alpha value is -4.76. The molecule has 1 fully saturated rings. The molecule has 18 heteroatoms. The van der Waals surface area contributed by atoms with E-state index in [1.54, 1.807) is 19.2 Å². The number of hydrogen-bond acceptors (Lipinski definition) is 9. The number of thiophene rings is 1. The van der Waals surface area contributed by atoms with E-state index in [-0.39, 0.29) is 47.6 Å². The number of ether oxygens (including phenoxy) is 2. The third-order valence-corrected chi connectivity index (χ3v) is 9.15. The molecule has 282 valence electrons. The van der Waals surface area contributed by atoms with Crippen molar-refractivity contribution in [1.82, 2.24) is 10.2 Å². The van der Waals surface area contributed by atoms with Gasteiger partial charge in [0.2, 0.25) is 5.91 Å². The second kappa shape index (κ2) is 17.2. The molecule has 2 aromatic carbocycles. The average molecular weight is 760 g/mol. The Bertz CT molecular complexity index is 1820. The average Bonchev–Trinajstić information content (AvgIpc) is 3.40. The Morgan fingerprint density at radius 2 is 1.85 bits per heavy atom. The third kappa shape index (κ3) is 11.4. The topological polar surface area (TPSA) is 135 Å². The Morgan fingerprint density at radius 3 is 2.50 bits per heavy atom. The zero-order chi connectivity index (χ0) is 38.2. The number of benzene rings is 2. The number of likely N-dealkylation sites (tertiary alicyclic amines) is 1. The Balaban J connectivity index is 1.58. The molecular weight excluding hydrogens is 723 g/mol. The molecule has 0 bridgehead atoms. The van der Waals surface area contributed by atoms with E-state index in [1.165, 1.54) is 18.2 Å². The normalized spacial score (nSPS) is 17.1. The molecule has 52 heavy (non-hydrogen) atoms. The fourth-order valence-corrected chi connectivity index (χ4v) is 6.62. The van der Waals surface area contributed by atoms with Crippen LogP contribution < -0.4 is 26.4 Å². The van der Waals surface area contributed by atoms with Gasteiger partial charge in [-0.25, -0.2) is 9.18 Å². The quantitative estimate of drug-likeness (QED) is 0.103. The lowest BCUT2D eigenvalue weighted by Crippen LogP contribution is -2.46. The number of esters is 1. The first kappa shape index (κ1) is 40.0. The Morgan fingerprint density at radius 1 is 1.10 bits per heavy atom. The minimum absolute atomic E-state index is 0.0226. The molecule has 3 atom stereocenters. The summed E-state index contributed by atoms with van der Waals surface area (Å²) >= 11 is 1.01. The van der Waals surface area contributed by atoms with Crippen molar-refractivity contribution in [3.8, 4) is 17.6 Å². The van der Waals surface area contributed by atoms with Gasteiger partial charge in [0.15, 0.2) is 6.61 Å². The predicted molar refractivity (Wildman–Crippen MR) is 181 cm³/mol. The van der Waals surface area contributed by atoms with Crippen LogP contribution in [0.25, 0.3) is 10.1 Å². The number of carbonyl (C=O) groups is 3. The molecule has 3 aromatic rings. The lowest BCUT2D eigenvalue weighted by Gasteiger charge is -2.33. The van der Waals surface area contributed by atoms with Gasteiger partial charge in [-0.05, 0) is 55.1 Å². The summed E-state index contributed by atoms with van der Waals surface area (Å²) in [5.41, 5.74) is 5.32. The second-order valence-electron chi connectivity index (χ2n) is 12.0. The van der Waals surface area contributed by atoms with Gasteiger partial charge in [0.1, 0.15) is 18.0 Å². The summed E-state index contributed by atoms with van der Waals surface area (Å²) in [4.78, 5) is 38.2. The Kier molecular flexibility index (Phi) is 13.2. The summed E-state index contributed by atoms with van der Waals surface area (Å²) < 4.78 is 105. The minimum Gasteiger partial charge on any atom is -0.482 e. The molecule has 0 aliphatic carbocycles. The van der Waals surface area contributed by atoms with Crippen molar-refractivity contribution in [2.75, 3.05) is 51.0 Å². The number of nitrogens with zero attached hydrogens (tertiary/aromatic N) is 1. The van der Waals surface area contributed by atoms with Crippen molar-refractivity contribution in [3.63, 3.8) is 0 Å². The highest BCUT2D eigenvalue weighted by Gasteiger charge is 2.33. The van der Waals surface area contributed by atoms with Gasteiger partial charge in [0.25, 0.3) is 5.91 Å². The van der Waals surface area contributed by atoms with E-state index in [2.05, 4.69) is 32.5 Å². The van der Waals surface area contributed by atoms with Crippen LogP contribution in [0.3, 0.4) is 0 Å². The molecule has 0 spiro atoms. The first-order valence-electron chi connectivity index (χ1n) is 15.9. The number of piperidine rings is 1. The van der Waals surface area contributed by atoms with Crippen LogP contribution in [0.1, 0.15) is 40.1 Å². The molecule has 3 unspecified atom stereocenters. The third-order valence-electron chi connectivity index (χ3n) is 7.96. The zero-order valence-corrected chi connectivity index (χ0v) is 28.8. The molecule has 0 saturated carbocycles. The van der Waals surface area contributed by atoms with Crippen molar-refractivity contribution in [2.24, 2.45) is 5.73 Å². The number of nitrogens with one attached hydrogen (secondary N) is 3. The van der Waals surface area contributed by atoms with E-state index < -0.39 is 67.2 Å². The number of rotatable bonds is 13. The van der Waals surface area contributed by atoms with Gasteiger partial charge in [0, 0.05) is 25.1 Å². The summed E-state index contributed by atoms with van der Waals surface area (Å²) in [6.45, 7) is -1.11. The van der Waals surface area contributed by atoms with Crippen molar-refractivity contribution >= 4 is 50.6 Å². The number of fused-ring (bicyclic) bond motifs is 1. The van der Waals surface area contributed by atoms with Gasteiger partial charge in [-0.2, -0.15) is 26.3 Å². The first-order valence-corrected chi connectivity index (χ1v) is 16.7. The number of primary amides is 1. The molecule has 2 amide bonds. The number of amides is 2. The standard InChI is InChI=1S/C34H36F7N5O5S/c1-46-14-12-23(22(35)17-46)44-25-6-3-5-20-21(16-33(36,37)38)28(52-30(20)25)7-4-13-43-24-9-8-19(15-27(24)51-18-34(39,40)41)31(48)45-26(32(49)50-2)10-11-29(42)47/h3,5-6,8-9,15,22-23,26,43-44H,10-14,16-18H2,1-2H3,(H2,42,47)(H,45,48). The van der Waals surface area contributed by atoms with Gasteiger partial charge < -0.3 is 36.1 Å². The van der Waals surface area contributed by atoms with Crippen LogP contribution in [0.5, 0.6) is 5.75 Å². The van der Waals surface area contributed by atoms with E-state index in [0.29, 0.717) is 28.7 Å². The summed E-state index contributed by atoms with van der Waals surface area (Å²) in [6, 6.07) is 6.43. The molecule has 2 heterocycles. The number of carbonyl (C=O) groups excluding carboxylic acids is 3. The number of hydrogen-bond donors (Lipinski definition) is 4. The molecule has 5 N–H and O–H groups in total. The minimum atomic E-state index is -4.75. The summed E-state index contributed by atoms with van der Waals surface area (Å²) in [5.74, 6) is 2.52. The van der Waals surface area contributed by atoms with E-state index in [1.807, 2.05) is 4.90 Å². The summed E-state index contributed by atoms with van der Waals surface area (Å²) in [7, 11) is 2.86. The van der Waals surface area contributed by atoms with E-state index in [0.717, 1.165) is 24.5 Å². The summed E-state index contributed by atoms with van der Waals surface area (Å²) in [5, 5.41) is 8.58. The Labute approximate surface area is 298 Å².